The predicted molar refractivity (Wildman–Crippen MR) is 150 cm³/mol. The summed E-state index contributed by atoms with van der Waals surface area (Å²) in [6.07, 6.45) is 6.68. The molecule has 0 N–H and O–H groups in total. The molecule has 38 heavy (non-hydrogen) atoms. The summed E-state index contributed by atoms with van der Waals surface area (Å²) in [7, 11) is 0. The minimum absolute atomic E-state index is 0. The van der Waals surface area contributed by atoms with Gasteiger partial charge in [0, 0.05) is 58.0 Å². The van der Waals surface area contributed by atoms with Crippen molar-refractivity contribution in [2.45, 2.75) is 78.1 Å². The fraction of sp³-hybridized carbons (Fsp3) is 0.548. The molecule has 1 aromatic carbocycles. The van der Waals surface area contributed by atoms with Gasteiger partial charge in [-0.1, -0.05) is 53.7 Å². The molecule has 2 fully saturated rings. The molecule has 3 aromatic rings. The van der Waals surface area contributed by atoms with Gasteiger partial charge in [0.25, 0.3) is 0 Å². The molecule has 0 atom stereocenters. The third kappa shape index (κ3) is 4.17. The van der Waals surface area contributed by atoms with E-state index in [9.17, 15) is 0 Å². The summed E-state index contributed by atoms with van der Waals surface area (Å²) in [5.74, 6) is 2.31. The molecule has 1 aliphatic carbocycles. The van der Waals surface area contributed by atoms with E-state index in [1.807, 2.05) is 6.20 Å². The molecule has 2 aliphatic heterocycles. The monoisotopic (exact) mass is 688 g/mol. The van der Waals surface area contributed by atoms with Crippen LogP contribution >= 0.6 is 0 Å². The zero-order valence-corrected chi connectivity index (χ0v) is 26.0. The van der Waals surface area contributed by atoms with Crippen molar-refractivity contribution < 1.29 is 20.1 Å². The van der Waals surface area contributed by atoms with Gasteiger partial charge in [0.1, 0.15) is 0 Å². The van der Waals surface area contributed by atoms with Crippen LogP contribution in [-0.4, -0.2) is 46.1 Å². The van der Waals surface area contributed by atoms with Crippen LogP contribution < -0.4 is 9.80 Å². The summed E-state index contributed by atoms with van der Waals surface area (Å²) in [6.45, 7) is 18.3. The van der Waals surface area contributed by atoms with Gasteiger partial charge < -0.3 is 14.8 Å². The van der Waals surface area contributed by atoms with Crippen LogP contribution in [0.4, 0.5) is 11.9 Å². The van der Waals surface area contributed by atoms with Gasteiger partial charge in [-0.25, -0.2) is 0 Å². The number of pyridine rings is 1. The predicted octanol–water partition coefficient (Wildman–Crippen LogP) is 6.19. The van der Waals surface area contributed by atoms with Crippen LogP contribution in [-0.2, 0) is 30.9 Å². The molecule has 3 aliphatic rings. The number of rotatable bonds is 4. The molecule has 203 valence electrons. The second-order valence-electron chi connectivity index (χ2n) is 12.6. The molecule has 0 amide bonds. The Labute approximate surface area is 241 Å². The largest absolute Gasteiger partial charge is 0.341 e. The first kappa shape index (κ1) is 27.2. The maximum atomic E-state index is 4.89. The van der Waals surface area contributed by atoms with E-state index in [1.165, 1.54) is 36.8 Å². The molecule has 2 aromatic heterocycles. The van der Waals surface area contributed by atoms with Crippen LogP contribution in [0.25, 0.3) is 22.6 Å². The van der Waals surface area contributed by atoms with Crippen molar-refractivity contribution in [3.63, 3.8) is 0 Å². The van der Waals surface area contributed by atoms with Gasteiger partial charge in [0.2, 0.25) is 11.9 Å². The van der Waals surface area contributed by atoms with E-state index < -0.39 is 0 Å². The minimum Gasteiger partial charge on any atom is -0.341 e. The second kappa shape index (κ2) is 9.67. The van der Waals surface area contributed by atoms with Crippen molar-refractivity contribution in [3.05, 3.63) is 47.7 Å². The summed E-state index contributed by atoms with van der Waals surface area (Å²) < 4.78 is 0. The maximum Gasteiger partial charge on any atom is 0.230 e. The molecule has 7 heteroatoms. The molecule has 0 unspecified atom stereocenters. The van der Waals surface area contributed by atoms with E-state index in [2.05, 4.69) is 81.7 Å². The topological polar surface area (TPSA) is 58.0 Å². The Hall–Kier alpha value is -2.37. The van der Waals surface area contributed by atoms with Crippen molar-refractivity contribution in [2.24, 2.45) is 5.41 Å². The third-order valence-electron chi connectivity index (χ3n) is 10.1. The third-order valence-corrected chi connectivity index (χ3v) is 10.1. The van der Waals surface area contributed by atoms with Gasteiger partial charge in [-0.15, -0.1) is 34.9 Å². The first-order chi connectivity index (χ1) is 17.6. The van der Waals surface area contributed by atoms with E-state index in [1.54, 1.807) is 0 Å². The summed E-state index contributed by atoms with van der Waals surface area (Å²) >= 11 is 0. The molecular weight excluding hydrogens is 649 g/mol. The molecule has 4 heterocycles. The van der Waals surface area contributed by atoms with Gasteiger partial charge in [-0.3, -0.25) is 0 Å². The molecule has 0 bridgehead atoms. The Balaban J connectivity index is 0.00000294. The van der Waals surface area contributed by atoms with Crippen LogP contribution in [0, 0.1) is 11.5 Å². The number of benzene rings is 1. The van der Waals surface area contributed by atoms with E-state index in [-0.39, 0.29) is 36.4 Å². The van der Waals surface area contributed by atoms with Crippen LogP contribution in [0.5, 0.6) is 0 Å². The minimum atomic E-state index is 0. The number of fused-ring (bicyclic) bond motifs is 1. The first-order valence-electron chi connectivity index (χ1n) is 13.9. The van der Waals surface area contributed by atoms with E-state index in [0.29, 0.717) is 5.82 Å². The van der Waals surface area contributed by atoms with Crippen LogP contribution in [0.1, 0.15) is 78.4 Å². The zero-order chi connectivity index (χ0) is 26.0. The maximum absolute atomic E-state index is 4.89. The van der Waals surface area contributed by atoms with Gasteiger partial charge in [0.05, 0.1) is 0 Å². The number of anilines is 2. The SMILES string of the molecule is CC1(C)c2c[c-]c(-c3ccc(-c4nc(N5CCCC5)nc(N5CCCC5)n4)cn3)cc2C(C)(C)C1(C)C.[Ir]. The average molecular weight is 688 g/mol. The number of hydrogen-bond acceptors (Lipinski definition) is 6. The summed E-state index contributed by atoms with van der Waals surface area (Å²) in [4.78, 5) is 24.1. The summed E-state index contributed by atoms with van der Waals surface area (Å²) in [5.41, 5.74) is 5.97. The molecule has 0 saturated carbocycles. The Morgan fingerprint density at radius 1 is 0.737 bits per heavy atom. The van der Waals surface area contributed by atoms with Crippen molar-refractivity contribution in [1.29, 1.82) is 0 Å². The van der Waals surface area contributed by atoms with Gasteiger partial charge in [-0.05, 0) is 47.6 Å². The summed E-state index contributed by atoms with van der Waals surface area (Å²) in [5, 5.41) is 0. The van der Waals surface area contributed by atoms with Crippen LogP contribution in [0.3, 0.4) is 0 Å². The fourth-order valence-corrected chi connectivity index (χ4v) is 6.41. The Bertz CT molecular complexity index is 1280. The average Bonchev–Trinajstić information content (AvgIpc) is 3.64. The Morgan fingerprint density at radius 2 is 1.29 bits per heavy atom. The number of nitrogens with zero attached hydrogens (tertiary/aromatic N) is 6. The fourth-order valence-electron chi connectivity index (χ4n) is 6.41. The molecule has 0 spiro atoms. The zero-order valence-electron chi connectivity index (χ0n) is 23.6. The normalized spacial score (nSPS) is 20.9. The second-order valence-corrected chi connectivity index (χ2v) is 12.6. The number of aromatic nitrogens is 4. The molecule has 2 saturated heterocycles. The van der Waals surface area contributed by atoms with Crippen molar-refractivity contribution in [1.82, 2.24) is 19.9 Å². The van der Waals surface area contributed by atoms with Gasteiger partial charge in [0.15, 0.2) is 5.82 Å². The molecule has 1 radical (unpaired) electrons. The van der Waals surface area contributed by atoms with Crippen molar-refractivity contribution in [3.8, 4) is 22.6 Å². The quantitative estimate of drug-likeness (QED) is 0.305. The Kier molecular flexibility index (Phi) is 6.93. The van der Waals surface area contributed by atoms with E-state index in [4.69, 9.17) is 19.9 Å². The standard InChI is InChI=1S/C31H39N6.Ir/c1-29(2)23-13-11-21(19-24(23)30(3,4)31(29,5)6)25-14-12-22(20-32-25)26-33-27(36-15-7-8-16-36)35-28(34-26)37-17-9-10-18-37;/h12-14,19-20H,7-10,15-18H2,1-6H3;/q-1;. The van der Waals surface area contributed by atoms with Gasteiger partial charge in [-0.2, -0.15) is 15.0 Å². The molecule has 6 nitrogen and oxygen atoms in total. The van der Waals surface area contributed by atoms with Crippen molar-refractivity contribution >= 4 is 11.9 Å². The van der Waals surface area contributed by atoms with E-state index in [0.717, 1.165) is 54.9 Å². The first-order valence-corrected chi connectivity index (χ1v) is 13.9. The molecular formula is C31H39IrN6-. The number of hydrogen-bond donors (Lipinski definition) is 0. The van der Waals surface area contributed by atoms with Crippen molar-refractivity contribution in [2.75, 3.05) is 36.0 Å². The summed E-state index contributed by atoms with van der Waals surface area (Å²) in [6, 6.07) is 12.2. The Morgan fingerprint density at radius 3 is 1.82 bits per heavy atom. The molecule has 6 rings (SSSR count). The smallest absolute Gasteiger partial charge is 0.230 e. The van der Waals surface area contributed by atoms with Gasteiger partial charge >= 0.3 is 0 Å². The van der Waals surface area contributed by atoms with Crippen LogP contribution in [0.15, 0.2) is 30.5 Å². The van der Waals surface area contributed by atoms with E-state index >= 15 is 0 Å². The van der Waals surface area contributed by atoms with Crippen LogP contribution in [0.2, 0.25) is 0 Å².